The van der Waals surface area contributed by atoms with Crippen molar-refractivity contribution in [3.05, 3.63) is 78.5 Å². The van der Waals surface area contributed by atoms with Crippen molar-refractivity contribution in [2.24, 2.45) is 11.8 Å². The summed E-state index contributed by atoms with van der Waals surface area (Å²) in [7, 11) is 0. The zero-order valence-corrected chi connectivity index (χ0v) is 21.2. The highest BCUT2D eigenvalue weighted by molar-refractivity contribution is 5.86. The molecular weight excluding hydrogens is 501 g/mol. The highest BCUT2D eigenvalue weighted by Gasteiger charge is 2.37. The predicted octanol–water partition coefficient (Wildman–Crippen LogP) is 7.13. The number of amides is 1. The summed E-state index contributed by atoms with van der Waals surface area (Å²) in [6.07, 6.45) is 0.235. The molecule has 0 spiro atoms. The van der Waals surface area contributed by atoms with Gasteiger partial charge in [-0.3, -0.25) is 4.79 Å². The number of halogens is 3. The van der Waals surface area contributed by atoms with Crippen molar-refractivity contribution in [2.45, 2.75) is 32.0 Å². The average Bonchev–Trinajstić information content (AvgIpc) is 3.33. The van der Waals surface area contributed by atoms with Crippen LogP contribution in [0.1, 0.15) is 24.8 Å². The largest absolute Gasteiger partial charge is 0.416 e. The summed E-state index contributed by atoms with van der Waals surface area (Å²) in [5, 5.41) is 1.13. The maximum Gasteiger partial charge on any atom is 0.416 e. The van der Waals surface area contributed by atoms with E-state index in [1.54, 1.807) is 0 Å². The van der Waals surface area contributed by atoms with Gasteiger partial charge in [-0.2, -0.15) is 13.2 Å². The van der Waals surface area contributed by atoms with Gasteiger partial charge in [-0.1, -0.05) is 30.3 Å². The summed E-state index contributed by atoms with van der Waals surface area (Å²) in [5.41, 5.74) is 4.37. The number of imidazole rings is 1. The first-order valence-corrected chi connectivity index (χ1v) is 13.4. The van der Waals surface area contributed by atoms with Gasteiger partial charge in [-0.15, -0.1) is 0 Å². The molecule has 1 N–H and O–H groups in total. The molecule has 1 atom stereocenters. The number of hydrogen-bond donors (Lipinski definition) is 1. The van der Waals surface area contributed by atoms with Crippen molar-refractivity contribution in [3.63, 3.8) is 0 Å². The molecule has 2 aromatic heterocycles. The minimum atomic E-state index is -4.44. The summed E-state index contributed by atoms with van der Waals surface area (Å²) in [5.74, 6) is 1.19. The minimum Gasteiger partial charge on any atom is -0.361 e. The zero-order valence-electron chi connectivity index (χ0n) is 21.2. The molecule has 3 aromatic carbocycles. The molecule has 8 heteroatoms. The van der Waals surface area contributed by atoms with Gasteiger partial charge >= 0.3 is 6.18 Å². The van der Waals surface area contributed by atoms with E-state index in [1.165, 1.54) is 12.1 Å². The monoisotopic (exact) mass is 528 g/mol. The number of aromatic nitrogens is 3. The molecule has 2 aliphatic rings. The second-order valence-electron chi connectivity index (χ2n) is 10.8. The van der Waals surface area contributed by atoms with Crippen molar-refractivity contribution in [1.82, 2.24) is 19.4 Å². The summed E-state index contributed by atoms with van der Waals surface area (Å²) in [6.45, 7) is 1.84. The van der Waals surface area contributed by atoms with Gasteiger partial charge in [0.2, 0.25) is 5.91 Å². The van der Waals surface area contributed by atoms with E-state index in [4.69, 9.17) is 4.98 Å². The Labute approximate surface area is 223 Å². The third-order valence-corrected chi connectivity index (χ3v) is 8.07. The molecule has 0 radical (unpaired) electrons. The fourth-order valence-corrected chi connectivity index (χ4v) is 5.78. The van der Waals surface area contributed by atoms with Gasteiger partial charge in [0, 0.05) is 42.8 Å². The number of rotatable bonds is 5. The predicted molar refractivity (Wildman–Crippen MR) is 145 cm³/mol. The van der Waals surface area contributed by atoms with Crippen LogP contribution in [0.25, 0.3) is 44.5 Å². The van der Waals surface area contributed by atoms with Crippen LogP contribution in [0.3, 0.4) is 0 Å². The lowest BCUT2D eigenvalue weighted by molar-refractivity contribution is -0.137. The highest BCUT2D eigenvalue weighted by Crippen LogP contribution is 2.36. The molecule has 1 aliphatic heterocycles. The van der Waals surface area contributed by atoms with Gasteiger partial charge in [0.15, 0.2) is 0 Å². The number of hydrogen-bond acceptors (Lipinski definition) is 2. The Bertz CT molecular complexity index is 1690. The molecule has 1 amide bonds. The normalized spacial score (nSPS) is 17.9. The van der Waals surface area contributed by atoms with E-state index in [2.05, 4.69) is 23.2 Å². The Kier molecular flexibility index (Phi) is 5.54. The number of carbonyl (C=O) groups is 1. The van der Waals surface area contributed by atoms with E-state index >= 15 is 0 Å². The van der Waals surface area contributed by atoms with E-state index in [1.807, 2.05) is 46.0 Å². The molecule has 1 aliphatic carbocycles. The maximum atomic E-state index is 13.6. The zero-order chi connectivity index (χ0) is 26.7. The van der Waals surface area contributed by atoms with E-state index in [0.29, 0.717) is 36.5 Å². The molecule has 1 saturated heterocycles. The van der Waals surface area contributed by atoms with Crippen molar-refractivity contribution in [2.75, 3.05) is 13.1 Å². The molecule has 198 valence electrons. The first-order valence-electron chi connectivity index (χ1n) is 13.4. The molecule has 5 nitrogen and oxygen atoms in total. The summed E-state index contributed by atoms with van der Waals surface area (Å²) in [6, 6.07) is 20.1. The van der Waals surface area contributed by atoms with Gasteiger partial charge in [0.05, 0.1) is 16.6 Å². The van der Waals surface area contributed by atoms with Crippen LogP contribution in [0, 0.1) is 11.8 Å². The lowest BCUT2D eigenvalue weighted by atomic mass is 10.0. The van der Waals surface area contributed by atoms with Gasteiger partial charge in [0.1, 0.15) is 5.82 Å². The molecule has 7 rings (SSSR count). The Morgan fingerprint density at radius 2 is 1.69 bits per heavy atom. The van der Waals surface area contributed by atoms with Crippen LogP contribution in [-0.2, 0) is 17.5 Å². The molecule has 39 heavy (non-hydrogen) atoms. The van der Waals surface area contributed by atoms with Crippen LogP contribution in [0.2, 0.25) is 0 Å². The molecule has 1 unspecified atom stereocenters. The van der Waals surface area contributed by atoms with Crippen LogP contribution >= 0.6 is 0 Å². The molecule has 0 bridgehead atoms. The fourth-order valence-electron chi connectivity index (χ4n) is 5.78. The minimum absolute atomic E-state index is 0.158. The van der Waals surface area contributed by atoms with Crippen molar-refractivity contribution in [3.8, 4) is 22.5 Å². The third kappa shape index (κ3) is 4.47. The van der Waals surface area contributed by atoms with Crippen LogP contribution in [0.5, 0.6) is 0 Å². The lowest BCUT2D eigenvalue weighted by Gasteiger charge is -2.18. The topological polar surface area (TPSA) is 53.9 Å². The summed E-state index contributed by atoms with van der Waals surface area (Å²) < 4.78 is 42.7. The summed E-state index contributed by atoms with van der Waals surface area (Å²) >= 11 is 0. The number of carbonyl (C=O) groups excluding carboxylic acids is 1. The second-order valence-corrected chi connectivity index (χ2v) is 10.8. The Balaban J connectivity index is 1.24. The number of H-pyrrole nitrogens is 1. The van der Waals surface area contributed by atoms with Gasteiger partial charge < -0.3 is 14.5 Å². The van der Waals surface area contributed by atoms with Crippen LogP contribution in [0.4, 0.5) is 13.2 Å². The maximum absolute atomic E-state index is 13.6. The first kappa shape index (κ1) is 24.0. The molecule has 2 fully saturated rings. The molecule has 1 saturated carbocycles. The van der Waals surface area contributed by atoms with Crippen LogP contribution < -0.4 is 0 Å². The lowest BCUT2D eigenvalue weighted by Crippen LogP contribution is -2.30. The fraction of sp³-hybridized carbons (Fsp3) is 0.290. The van der Waals surface area contributed by atoms with E-state index in [9.17, 15) is 18.0 Å². The average molecular weight is 529 g/mol. The van der Waals surface area contributed by atoms with Crippen molar-refractivity contribution >= 4 is 27.8 Å². The first-order chi connectivity index (χ1) is 18.8. The Hall–Kier alpha value is -4.07. The summed E-state index contributed by atoms with van der Waals surface area (Å²) in [4.78, 5) is 22.5. The second kappa shape index (κ2) is 9.00. The van der Waals surface area contributed by atoms with Crippen molar-refractivity contribution in [1.29, 1.82) is 0 Å². The number of likely N-dealkylation sites (tertiary alicyclic amines) is 1. The standard InChI is InChI=1S/C31H27F3N4O/c32-31(33,34)25-8-10-27-28(16-25)38(18-19-12-14-37(17-19)30(39)22-5-6-22)29(36-27)21-3-1-20(2-4-21)23-7-9-26-24(15-23)11-13-35-26/h1-4,7-11,13,15-16,19,22,35H,5-6,12,14,17-18H2. The smallest absolute Gasteiger partial charge is 0.361 e. The highest BCUT2D eigenvalue weighted by atomic mass is 19.4. The quantitative estimate of drug-likeness (QED) is 0.264. The van der Waals surface area contributed by atoms with Gasteiger partial charge in [-0.05, 0) is 78.1 Å². The number of aromatic amines is 1. The third-order valence-electron chi connectivity index (χ3n) is 8.07. The number of benzene rings is 3. The van der Waals surface area contributed by atoms with Crippen LogP contribution in [-0.4, -0.2) is 38.4 Å². The van der Waals surface area contributed by atoms with E-state index in [0.717, 1.165) is 52.9 Å². The Morgan fingerprint density at radius 1 is 0.923 bits per heavy atom. The van der Waals surface area contributed by atoms with E-state index in [-0.39, 0.29) is 17.7 Å². The molecule has 5 aromatic rings. The van der Waals surface area contributed by atoms with E-state index < -0.39 is 11.7 Å². The van der Waals surface area contributed by atoms with Crippen molar-refractivity contribution < 1.29 is 18.0 Å². The SMILES string of the molecule is O=C(C1CC1)N1CCC(Cn2c(-c3ccc(-c4ccc5[nH]ccc5c4)cc3)nc3ccc(C(F)(F)F)cc32)C1. The Morgan fingerprint density at radius 3 is 2.46 bits per heavy atom. The van der Waals surface area contributed by atoms with Gasteiger partial charge in [0.25, 0.3) is 0 Å². The van der Waals surface area contributed by atoms with Gasteiger partial charge in [-0.25, -0.2) is 4.98 Å². The number of nitrogens with one attached hydrogen (secondary N) is 1. The molecule has 3 heterocycles. The van der Waals surface area contributed by atoms with Crippen LogP contribution in [0.15, 0.2) is 72.9 Å². The number of alkyl halides is 3. The molecular formula is C31H27F3N4O. The number of fused-ring (bicyclic) bond motifs is 2. The number of nitrogens with zero attached hydrogens (tertiary/aromatic N) is 3.